The van der Waals surface area contributed by atoms with Crippen LogP contribution < -0.4 is 11.7 Å². The van der Waals surface area contributed by atoms with E-state index in [9.17, 15) is 31.4 Å². The number of hydrogen-bond donors (Lipinski definition) is 3. The Bertz CT molecular complexity index is 1400. The zero-order chi connectivity index (χ0) is 28.3. The predicted molar refractivity (Wildman–Crippen MR) is 119 cm³/mol. The van der Waals surface area contributed by atoms with Gasteiger partial charge < -0.3 is 10.9 Å². The second kappa shape index (κ2) is 10.6. The van der Waals surface area contributed by atoms with Gasteiger partial charge in [-0.1, -0.05) is 11.8 Å². The number of pyridine rings is 1. The van der Waals surface area contributed by atoms with E-state index in [1.807, 2.05) is 0 Å². The Kier molecular flexibility index (Phi) is 7.94. The molecule has 2 aromatic carbocycles. The third-order valence-corrected chi connectivity index (χ3v) is 5.25. The van der Waals surface area contributed by atoms with Crippen molar-refractivity contribution in [2.45, 2.75) is 17.7 Å². The molecule has 1 atom stereocenters. The van der Waals surface area contributed by atoms with Gasteiger partial charge in [-0.2, -0.15) is 27.1 Å². The van der Waals surface area contributed by atoms with Crippen molar-refractivity contribution in [3.8, 4) is 11.8 Å². The molecule has 3 rings (SSSR count). The molecule has 6 nitrogen and oxygen atoms in total. The predicted octanol–water partition coefficient (Wildman–Crippen LogP) is 3.97. The van der Waals surface area contributed by atoms with Gasteiger partial charge in [0, 0.05) is 23.4 Å². The van der Waals surface area contributed by atoms with Crippen LogP contribution >= 0.6 is 0 Å². The van der Waals surface area contributed by atoms with Crippen LogP contribution in [-0.2, 0) is 17.7 Å². The Balaban J connectivity index is 1.97. The summed E-state index contributed by atoms with van der Waals surface area (Å²) in [7, 11) is 0. The number of rotatable bonds is 6. The number of aromatic nitrogens is 1. The maximum atomic E-state index is 15.6. The van der Waals surface area contributed by atoms with Crippen molar-refractivity contribution < 1.29 is 40.2 Å². The quantitative estimate of drug-likeness (QED) is 0.109. The number of halogens is 8. The number of hydrogen-bond acceptors (Lipinski definition) is 5. The Labute approximate surface area is 210 Å². The first-order valence-corrected chi connectivity index (χ1v) is 10.3. The SMILES string of the molecule is N/N=C\N(N)CC(O)(c1ccc(F)cc1F)C(F)(F)c1ccc(C#Cc2ccc(C(F)(F)F)cc2F)cn1. The van der Waals surface area contributed by atoms with E-state index in [1.54, 1.807) is 0 Å². The van der Waals surface area contributed by atoms with Gasteiger partial charge in [-0.15, -0.1) is 0 Å². The molecule has 1 heterocycles. The lowest BCUT2D eigenvalue weighted by Crippen LogP contribution is -2.53. The molecule has 0 saturated heterocycles. The van der Waals surface area contributed by atoms with Crippen LogP contribution in [0, 0.1) is 29.3 Å². The highest BCUT2D eigenvalue weighted by molar-refractivity contribution is 5.54. The standard InChI is InChI=1S/C24H17F8N5O/c25-17-6-7-18(20(27)10-17)22(38,12-37(34)13-36-33)23(28,29)21-8-2-14(11-35-21)1-3-15-4-5-16(9-19(15)26)24(30,31)32/h2,4-11,13,38H,12,33-34H2/b36-13-. The molecule has 0 aliphatic heterocycles. The van der Waals surface area contributed by atoms with Crippen LogP contribution in [0.2, 0.25) is 0 Å². The normalized spacial score (nSPS) is 13.6. The van der Waals surface area contributed by atoms with Gasteiger partial charge in [-0.05, 0) is 42.5 Å². The molecule has 3 aromatic rings. The van der Waals surface area contributed by atoms with E-state index in [4.69, 9.17) is 11.7 Å². The Morgan fingerprint density at radius 1 is 0.947 bits per heavy atom. The minimum atomic E-state index is -4.76. The Morgan fingerprint density at radius 3 is 2.21 bits per heavy atom. The summed E-state index contributed by atoms with van der Waals surface area (Å²) >= 11 is 0. The van der Waals surface area contributed by atoms with Crippen molar-refractivity contribution in [1.82, 2.24) is 9.99 Å². The molecular weight excluding hydrogens is 526 g/mol. The van der Waals surface area contributed by atoms with Crippen molar-refractivity contribution in [3.63, 3.8) is 0 Å². The number of alkyl halides is 5. The molecule has 200 valence electrons. The van der Waals surface area contributed by atoms with Crippen molar-refractivity contribution in [3.05, 3.63) is 100 Å². The zero-order valence-corrected chi connectivity index (χ0v) is 18.9. The van der Waals surface area contributed by atoms with E-state index in [1.165, 1.54) is 0 Å². The molecule has 5 N–H and O–H groups in total. The lowest BCUT2D eigenvalue weighted by atomic mass is 9.84. The monoisotopic (exact) mass is 543 g/mol. The molecule has 0 fully saturated rings. The van der Waals surface area contributed by atoms with E-state index in [-0.39, 0.29) is 11.6 Å². The summed E-state index contributed by atoms with van der Waals surface area (Å²) in [5.41, 5.74) is -7.15. The molecule has 0 bridgehead atoms. The highest BCUT2D eigenvalue weighted by atomic mass is 19.4. The zero-order valence-electron chi connectivity index (χ0n) is 18.9. The summed E-state index contributed by atoms with van der Waals surface area (Å²) < 4.78 is 111. The molecule has 1 unspecified atom stereocenters. The first kappa shape index (κ1) is 28.4. The van der Waals surface area contributed by atoms with E-state index in [0.29, 0.717) is 35.6 Å². The van der Waals surface area contributed by atoms with E-state index in [2.05, 4.69) is 21.9 Å². The van der Waals surface area contributed by atoms with Gasteiger partial charge >= 0.3 is 12.1 Å². The van der Waals surface area contributed by atoms with Crippen LogP contribution in [0.5, 0.6) is 0 Å². The number of nitrogens with zero attached hydrogens (tertiary/aromatic N) is 3. The smallest absolute Gasteiger partial charge is 0.377 e. The number of benzene rings is 2. The third-order valence-electron chi connectivity index (χ3n) is 5.25. The summed E-state index contributed by atoms with van der Waals surface area (Å²) in [6.07, 6.45) is -3.26. The summed E-state index contributed by atoms with van der Waals surface area (Å²) in [6.45, 7) is -1.17. The van der Waals surface area contributed by atoms with Gasteiger partial charge in [0.15, 0.2) is 5.60 Å². The second-order valence-corrected chi connectivity index (χ2v) is 7.87. The van der Waals surface area contributed by atoms with Crippen molar-refractivity contribution in [1.29, 1.82) is 0 Å². The fourth-order valence-corrected chi connectivity index (χ4v) is 3.37. The van der Waals surface area contributed by atoms with Gasteiger partial charge in [0.1, 0.15) is 29.5 Å². The molecule has 0 amide bonds. The average Bonchev–Trinajstić information content (AvgIpc) is 2.82. The molecular formula is C24H17F8N5O. The first-order chi connectivity index (χ1) is 17.7. The summed E-state index contributed by atoms with van der Waals surface area (Å²) in [5.74, 6) is 6.91. The van der Waals surface area contributed by atoms with Gasteiger partial charge in [0.25, 0.3) is 0 Å². The average molecular weight is 543 g/mol. The van der Waals surface area contributed by atoms with Crippen molar-refractivity contribution in [2.75, 3.05) is 6.54 Å². The van der Waals surface area contributed by atoms with Crippen LogP contribution in [0.25, 0.3) is 0 Å². The van der Waals surface area contributed by atoms with Crippen LogP contribution in [0.4, 0.5) is 35.1 Å². The number of aliphatic hydroxyl groups is 1. The molecule has 0 aliphatic carbocycles. The Morgan fingerprint density at radius 2 is 1.66 bits per heavy atom. The lowest BCUT2D eigenvalue weighted by molar-refractivity contribution is -0.203. The molecule has 0 spiro atoms. The number of nitrogens with two attached hydrogens (primary N) is 2. The van der Waals surface area contributed by atoms with E-state index in [0.717, 1.165) is 24.4 Å². The molecule has 0 radical (unpaired) electrons. The van der Waals surface area contributed by atoms with Crippen LogP contribution in [0.1, 0.15) is 27.9 Å². The van der Waals surface area contributed by atoms with Gasteiger partial charge in [-0.25, -0.2) is 19.0 Å². The summed E-state index contributed by atoms with van der Waals surface area (Å²) in [4.78, 5) is 3.55. The first-order valence-electron chi connectivity index (χ1n) is 10.3. The van der Waals surface area contributed by atoms with E-state index >= 15 is 8.78 Å². The van der Waals surface area contributed by atoms with Crippen LogP contribution in [0.3, 0.4) is 0 Å². The minimum absolute atomic E-state index is 0.0453. The topological polar surface area (TPSA) is 101 Å². The van der Waals surface area contributed by atoms with Crippen LogP contribution in [-0.4, -0.2) is 28.0 Å². The van der Waals surface area contributed by atoms with Gasteiger partial charge in [-0.3, -0.25) is 9.99 Å². The molecule has 0 aliphatic rings. The summed E-state index contributed by atoms with van der Waals surface area (Å²) in [5, 5.41) is 14.5. The third kappa shape index (κ3) is 5.84. The molecule has 1 aromatic heterocycles. The van der Waals surface area contributed by atoms with Crippen molar-refractivity contribution in [2.24, 2.45) is 16.8 Å². The van der Waals surface area contributed by atoms with Gasteiger partial charge in [0.05, 0.1) is 17.7 Å². The fraction of sp³-hybridized carbons (Fsp3) is 0.167. The number of hydrazine groups is 1. The Hall–Kier alpha value is -4.22. The minimum Gasteiger partial charge on any atom is -0.377 e. The van der Waals surface area contributed by atoms with Crippen LogP contribution in [0.15, 0.2) is 59.8 Å². The second-order valence-electron chi connectivity index (χ2n) is 7.87. The van der Waals surface area contributed by atoms with Crippen molar-refractivity contribution >= 4 is 6.34 Å². The number of hydrazone groups is 1. The molecule has 0 saturated carbocycles. The lowest BCUT2D eigenvalue weighted by Gasteiger charge is -2.37. The maximum Gasteiger partial charge on any atom is 0.416 e. The largest absolute Gasteiger partial charge is 0.416 e. The molecule has 14 heteroatoms. The van der Waals surface area contributed by atoms with Gasteiger partial charge in [0.2, 0.25) is 0 Å². The van der Waals surface area contributed by atoms with E-state index < -0.39 is 64.1 Å². The summed E-state index contributed by atoms with van der Waals surface area (Å²) in [6, 6.07) is 5.00. The molecule has 38 heavy (non-hydrogen) atoms. The fourth-order valence-electron chi connectivity index (χ4n) is 3.37. The highest BCUT2D eigenvalue weighted by Gasteiger charge is 2.58. The highest BCUT2D eigenvalue weighted by Crippen LogP contribution is 2.46. The maximum absolute atomic E-state index is 15.6.